The molecule has 0 unspecified atom stereocenters. The quantitative estimate of drug-likeness (QED) is 0.137. The normalized spacial score (nSPS) is 11.5. The summed E-state index contributed by atoms with van der Waals surface area (Å²) in [6.45, 7) is 8.18. The number of alkyl halides is 3. The Bertz CT molecular complexity index is 1360. The second-order valence-electron chi connectivity index (χ2n) is 7.94. The molecule has 0 aromatic heterocycles. The van der Waals surface area contributed by atoms with Gasteiger partial charge in [-0.1, -0.05) is 79.9 Å². The van der Waals surface area contributed by atoms with E-state index >= 15 is 0 Å². The maximum Gasteiger partial charge on any atom is 0.417 e. The molecule has 0 amide bonds. The molecule has 188 valence electrons. The molecule has 0 radical (unpaired) electrons. The summed E-state index contributed by atoms with van der Waals surface area (Å²) in [4.78, 5) is 22.9. The van der Waals surface area contributed by atoms with Crippen molar-refractivity contribution in [2.24, 2.45) is 0 Å². The van der Waals surface area contributed by atoms with E-state index < -0.39 is 23.7 Å². The van der Waals surface area contributed by atoms with Crippen molar-refractivity contribution in [3.8, 4) is 11.5 Å². The van der Waals surface area contributed by atoms with Crippen LogP contribution in [0.5, 0.6) is 11.5 Å². The number of rotatable bonds is 8. The van der Waals surface area contributed by atoms with Crippen LogP contribution in [0.4, 0.5) is 13.2 Å². The van der Waals surface area contributed by atoms with Crippen LogP contribution >= 0.6 is 0 Å². The highest BCUT2D eigenvalue weighted by Crippen LogP contribution is 2.35. The summed E-state index contributed by atoms with van der Waals surface area (Å²) in [6, 6.07) is 17.5. The van der Waals surface area contributed by atoms with Crippen LogP contribution < -0.4 is 9.47 Å². The van der Waals surface area contributed by atoms with Gasteiger partial charge in [0, 0.05) is 11.6 Å². The largest absolute Gasteiger partial charge is 0.423 e. The Morgan fingerprint density at radius 1 is 0.757 bits per heavy atom. The van der Waals surface area contributed by atoms with Gasteiger partial charge >= 0.3 is 18.1 Å². The van der Waals surface area contributed by atoms with Crippen LogP contribution in [0, 0.1) is 0 Å². The van der Waals surface area contributed by atoms with Crippen molar-refractivity contribution in [2.45, 2.75) is 13.1 Å². The molecule has 3 aromatic carbocycles. The van der Waals surface area contributed by atoms with Gasteiger partial charge in [0.1, 0.15) is 11.5 Å². The van der Waals surface area contributed by atoms with Crippen molar-refractivity contribution in [1.29, 1.82) is 0 Å². The lowest BCUT2D eigenvalue weighted by molar-refractivity contribution is -0.138. The third kappa shape index (κ3) is 7.93. The SMILES string of the molecule is C=CC(=O)Oc1ccc(/C=C/c2ccc(/C=C/c3ccc(OC(=O)C(=C)C)cc3C(F)(F)F)cc2)cc1. The minimum absolute atomic E-state index is 0.0613. The second-order valence-corrected chi connectivity index (χ2v) is 7.94. The molecule has 0 bridgehead atoms. The Balaban J connectivity index is 1.71. The molecule has 0 saturated heterocycles. The van der Waals surface area contributed by atoms with E-state index in [4.69, 9.17) is 9.47 Å². The number of halogens is 3. The standard InChI is InChI=1S/C30H23F3O4/c1-4-28(34)36-25-16-12-23(13-17-25)10-7-21-5-8-22(9-6-21)11-14-24-15-18-26(37-29(35)20(2)3)19-27(24)30(31,32)33/h4-19H,1-2H2,3H3/b10-7+,14-11+. The van der Waals surface area contributed by atoms with Crippen molar-refractivity contribution in [1.82, 2.24) is 0 Å². The van der Waals surface area contributed by atoms with E-state index in [0.29, 0.717) is 11.3 Å². The lowest BCUT2D eigenvalue weighted by atomic mass is 10.0. The lowest BCUT2D eigenvalue weighted by Gasteiger charge is -2.12. The molecule has 3 rings (SSSR count). The highest BCUT2D eigenvalue weighted by molar-refractivity contribution is 5.89. The number of hydrogen-bond acceptors (Lipinski definition) is 4. The molecule has 0 N–H and O–H groups in total. The molecule has 7 heteroatoms. The number of carbonyl (C=O) groups is 2. The van der Waals surface area contributed by atoms with Gasteiger partial charge in [-0.15, -0.1) is 0 Å². The van der Waals surface area contributed by atoms with Crippen LogP contribution in [-0.2, 0) is 15.8 Å². The van der Waals surface area contributed by atoms with Crippen molar-refractivity contribution < 1.29 is 32.2 Å². The Labute approximate surface area is 212 Å². The molecule has 0 aliphatic heterocycles. The predicted octanol–water partition coefficient (Wildman–Crippen LogP) is 7.62. The van der Waals surface area contributed by atoms with Gasteiger partial charge in [0.05, 0.1) is 5.56 Å². The van der Waals surface area contributed by atoms with Crippen molar-refractivity contribution in [2.75, 3.05) is 0 Å². The van der Waals surface area contributed by atoms with E-state index in [1.54, 1.807) is 42.5 Å². The average Bonchev–Trinajstić information content (AvgIpc) is 2.87. The highest BCUT2D eigenvalue weighted by Gasteiger charge is 2.33. The number of hydrogen-bond donors (Lipinski definition) is 0. The Hall–Kier alpha value is -4.65. The van der Waals surface area contributed by atoms with Crippen LogP contribution in [0.15, 0.2) is 91.5 Å². The minimum Gasteiger partial charge on any atom is -0.423 e. The van der Waals surface area contributed by atoms with E-state index in [0.717, 1.165) is 23.3 Å². The van der Waals surface area contributed by atoms with Crippen LogP contribution in [-0.4, -0.2) is 11.9 Å². The second kappa shape index (κ2) is 11.9. The van der Waals surface area contributed by atoms with Gasteiger partial charge in [0.15, 0.2) is 0 Å². The number of carbonyl (C=O) groups excluding carboxylic acids is 2. The Morgan fingerprint density at radius 3 is 1.73 bits per heavy atom. The molecule has 0 atom stereocenters. The molecule has 37 heavy (non-hydrogen) atoms. The minimum atomic E-state index is -4.63. The summed E-state index contributed by atoms with van der Waals surface area (Å²) in [7, 11) is 0. The van der Waals surface area contributed by atoms with E-state index in [1.165, 1.54) is 25.1 Å². The van der Waals surface area contributed by atoms with Gasteiger partial charge in [0.2, 0.25) is 0 Å². The Morgan fingerprint density at radius 2 is 1.24 bits per heavy atom. The summed E-state index contributed by atoms with van der Waals surface area (Å²) in [5.41, 5.74) is 1.59. The first-order chi connectivity index (χ1) is 17.5. The first-order valence-electron chi connectivity index (χ1n) is 11.0. The molecule has 0 spiro atoms. The maximum atomic E-state index is 13.6. The van der Waals surface area contributed by atoms with Crippen LogP contribution in [0.25, 0.3) is 24.3 Å². The smallest absolute Gasteiger partial charge is 0.417 e. The molecule has 0 aliphatic carbocycles. The summed E-state index contributed by atoms with van der Waals surface area (Å²) < 4.78 is 50.8. The predicted molar refractivity (Wildman–Crippen MR) is 138 cm³/mol. The molecule has 4 nitrogen and oxygen atoms in total. The van der Waals surface area contributed by atoms with E-state index in [1.807, 2.05) is 24.3 Å². The third-order valence-corrected chi connectivity index (χ3v) is 5.01. The van der Waals surface area contributed by atoms with Crippen molar-refractivity contribution in [3.05, 3.63) is 119 Å². The van der Waals surface area contributed by atoms with Crippen LogP contribution in [0.1, 0.15) is 34.7 Å². The van der Waals surface area contributed by atoms with E-state index in [-0.39, 0.29) is 16.9 Å². The number of esters is 2. The van der Waals surface area contributed by atoms with Gasteiger partial charge in [-0.2, -0.15) is 13.2 Å². The van der Waals surface area contributed by atoms with Gasteiger partial charge in [-0.3, -0.25) is 0 Å². The molecule has 0 heterocycles. The fourth-order valence-electron chi connectivity index (χ4n) is 3.09. The monoisotopic (exact) mass is 504 g/mol. The average molecular weight is 505 g/mol. The summed E-state index contributed by atoms with van der Waals surface area (Å²) >= 11 is 0. The van der Waals surface area contributed by atoms with Crippen molar-refractivity contribution >= 4 is 36.2 Å². The fourth-order valence-corrected chi connectivity index (χ4v) is 3.09. The summed E-state index contributed by atoms with van der Waals surface area (Å²) in [6.07, 6.45) is 3.14. The topological polar surface area (TPSA) is 52.6 Å². The summed E-state index contributed by atoms with van der Waals surface area (Å²) in [5.74, 6) is -1.12. The van der Waals surface area contributed by atoms with Gasteiger partial charge in [0.25, 0.3) is 0 Å². The molecule has 3 aromatic rings. The lowest BCUT2D eigenvalue weighted by Crippen LogP contribution is -2.11. The zero-order valence-electron chi connectivity index (χ0n) is 19.9. The number of benzene rings is 3. The summed E-state index contributed by atoms with van der Waals surface area (Å²) in [5, 5.41) is 0. The first kappa shape index (κ1) is 26.9. The molecular formula is C30H23F3O4. The molecule has 0 saturated carbocycles. The van der Waals surface area contributed by atoms with Gasteiger partial charge in [-0.05, 0) is 53.4 Å². The van der Waals surface area contributed by atoms with E-state index in [2.05, 4.69) is 13.2 Å². The van der Waals surface area contributed by atoms with Crippen LogP contribution in [0.2, 0.25) is 0 Å². The van der Waals surface area contributed by atoms with Crippen molar-refractivity contribution in [3.63, 3.8) is 0 Å². The highest BCUT2D eigenvalue weighted by atomic mass is 19.4. The Kier molecular flexibility index (Phi) is 8.64. The third-order valence-electron chi connectivity index (χ3n) is 5.01. The van der Waals surface area contributed by atoms with Gasteiger partial charge in [-0.25, -0.2) is 9.59 Å². The zero-order valence-corrected chi connectivity index (χ0v) is 19.9. The van der Waals surface area contributed by atoms with Crippen LogP contribution in [0.3, 0.4) is 0 Å². The zero-order chi connectivity index (χ0) is 27.0. The molecule has 0 aliphatic rings. The number of ether oxygens (including phenoxy) is 2. The first-order valence-corrected chi connectivity index (χ1v) is 11.0. The maximum absolute atomic E-state index is 13.6. The van der Waals surface area contributed by atoms with E-state index in [9.17, 15) is 22.8 Å². The fraction of sp³-hybridized carbons (Fsp3) is 0.0667. The molecule has 0 fully saturated rings. The van der Waals surface area contributed by atoms with Gasteiger partial charge < -0.3 is 9.47 Å². The molecular weight excluding hydrogens is 481 g/mol.